The van der Waals surface area contributed by atoms with E-state index < -0.39 is 0 Å². The number of thioether (sulfide) groups is 1. The van der Waals surface area contributed by atoms with Crippen LogP contribution in [0.15, 0.2) is 5.16 Å². The maximum atomic E-state index is 11.7. The van der Waals surface area contributed by atoms with Crippen LogP contribution in [0.2, 0.25) is 0 Å². The van der Waals surface area contributed by atoms with E-state index in [1.165, 1.54) is 11.8 Å². The Morgan fingerprint density at radius 2 is 2.29 bits per heavy atom. The van der Waals surface area contributed by atoms with Gasteiger partial charge in [0.2, 0.25) is 11.1 Å². The predicted molar refractivity (Wildman–Crippen MR) is 81.2 cm³/mol. The molecule has 3 N–H and O–H groups in total. The minimum atomic E-state index is -0.151. The minimum absolute atomic E-state index is 0.0000994. The van der Waals surface area contributed by atoms with Gasteiger partial charge in [-0.25, -0.2) is 4.98 Å². The molecular formula is C13H23N5O2S. The number of hydrogen-bond acceptors (Lipinski definition) is 6. The van der Waals surface area contributed by atoms with Crippen molar-refractivity contribution in [1.29, 1.82) is 0 Å². The summed E-state index contributed by atoms with van der Waals surface area (Å²) < 4.78 is 0. The second-order valence-electron chi connectivity index (χ2n) is 5.13. The zero-order valence-corrected chi connectivity index (χ0v) is 13.2. The van der Waals surface area contributed by atoms with E-state index in [0.717, 1.165) is 44.7 Å². The Morgan fingerprint density at radius 3 is 2.95 bits per heavy atom. The molecule has 1 aromatic rings. The van der Waals surface area contributed by atoms with Crippen molar-refractivity contribution in [2.45, 2.75) is 37.4 Å². The minimum Gasteiger partial charge on any atom is -0.393 e. The van der Waals surface area contributed by atoms with E-state index in [-0.39, 0.29) is 12.0 Å². The number of likely N-dealkylation sites (tertiary alicyclic amines) is 1. The number of aromatic amines is 1. The van der Waals surface area contributed by atoms with Crippen LogP contribution in [0.5, 0.6) is 0 Å². The third-order valence-corrected chi connectivity index (χ3v) is 4.33. The second kappa shape index (κ2) is 8.35. The standard InChI is InChI=1S/C13H23N5O2S/c1-2-11-15-13(17-16-11)21-9-12(20)14-5-8-18-6-3-10(19)4-7-18/h10,19H,2-9H2,1H3,(H,14,20)(H,15,16,17). The molecule has 0 radical (unpaired) electrons. The molecule has 1 aliphatic rings. The Hall–Kier alpha value is -1.12. The van der Waals surface area contributed by atoms with Gasteiger partial charge in [0.25, 0.3) is 0 Å². The van der Waals surface area contributed by atoms with Crippen molar-refractivity contribution in [2.24, 2.45) is 0 Å². The van der Waals surface area contributed by atoms with Gasteiger partial charge >= 0.3 is 0 Å². The number of hydrogen-bond donors (Lipinski definition) is 3. The first-order chi connectivity index (χ1) is 10.2. The summed E-state index contributed by atoms with van der Waals surface area (Å²) in [4.78, 5) is 18.2. The van der Waals surface area contributed by atoms with Crippen molar-refractivity contribution < 1.29 is 9.90 Å². The third-order valence-electron chi connectivity index (χ3n) is 3.49. The van der Waals surface area contributed by atoms with Gasteiger partial charge in [0, 0.05) is 32.6 Å². The van der Waals surface area contributed by atoms with Gasteiger partial charge in [0.15, 0.2) is 0 Å². The van der Waals surface area contributed by atoms with Gasteiger partial charge in [-0.05, 0) is 12.8 Å². The molecular weight excluding hydrogens is 290 g/mol. The van der Waals surface area contributed by atoms with Crippen LogP contribution in [0.4, 0.5) is 0 Å². The Morgan fingerprint density at radius 1 is 1.52 bits per heavy atom. The Balaban J connectivity index is 1.57. The average molecular weight is 313 g/mol. The van der Waals surface area contributed by atoms with Crippen LogP contribution in [0.1, 0.15) is 25.6 Å². The van der Waals surface area contributed by atoms with Crippen LogP contribution in [0.25, 0.3) is 0 Å². The molecule has 0 atom stereocenters. The highest BCUT2D eigenvalue weighted by molar-refractivity contribution is 7.99. The molecule has 1 fully saturated rings. The van der Waals surface area contributed by atoms with Gasteiger partial charge < -0.3 is 15.3 Å². The van der Waals surface area contributed by atoms with Crippen molar-refractivity contribution in [2.75, 3.05) is 31.9 Å². The number of amides is 1. The van der Waals surface area contributed by atoms with Crippen LogP contribution in [-0.4, -0.2) is 69.1 Å². The highest BCUT2D eigenvalue weighted by atomic mass is 32.2. The van der Waals surface area contributed by atoms with E-state index in [1.807, 2.05) is 6.92 Å². The monoisotopic (exact) mass is 313 g/mol. The van der Waals surface area contributed by atoms with Gasteiger partial charge in [-0.15, -0.1) is 5.10 Å². The lowest BCUT2D eigenvalue weighted by atomic mass is 10.1. The van der Waals surface area contributed by atoms with Crippen molar-refractivity contribution in [3.8, 4) is 0 Å². The number of aromatic nitrogens is 3. The summed E-state index contributed by atoms with van der Waals surface area (Å²) >= 11 is 1.34. The number of carbonyl (C=O) groups is 1. The smallest absolute Gasteiger partial charge is 0.230 e. The average Bonchev–Trinajstić information content (AvgIpc) is 2.95. The fourth-order valence-corrected chi connectivity index (χ4v) is 2.83. The van der Waals surface area contributed by atoms with Gasteiger partial charge in [0.05, 0.1) is 11.9 Å². The summed E-state index contributed by atoms with van der Waals surface area (Å²) in [5.41, 5.74) is 0. The maximum absolute atomic E-state index is 11.7. The number of aliphatic hydroxyl groups excluding tert-OH is 1. The van der Waals surface area contributed by atoms with E-state index in [2.05, 4.69) is 25.4 Å². The molecule has 0 spiro atoms. The summed E-state index contributed by atoms with van der Waals surface area (Å²) in [6.45, 7) is 5.29. The van der Waals surface area contributed by atoms with E-state index in [1.54, 1.807) is 0 Å². The van der Waals surface area contributed by atoms with Crippen molar-refractivity contribution >= 4 is 17.7 Å². The molecule has 21 heavy (non-hydrogen) atoms. The maximum Gasteiger partial charge on any atom is 0.230 e. The van der Waals surface area contributed by atoms with E-state index >= 15 is 0 Å². The van der Waals surface area contributed by atoms with Gasteiger partial charge in [-0.3, -0.25) is 9.89 Å². The lowest BCUT2D eigenvalue weighted by Crippen LogP contribution is -2.41. The second-order valence-corrected chi connectivity index (χ2v) is 6.07. The zero-order chi connectivity index (χ0) is 15.1. The van der Waals surface area contributed by atoms with Crippen molar-refractivity contribution in [1.82, 2.24) is 25.4 Å². The number of aryl methyl sites for hydroxylation is 1. The van der Waals surface area contributed by atoms with Crippen molar-refractivity contribution in [3.05, 3.63) is 5.82 Å². The number of H-pyrrole nitrogens is 1. The van der Waals surface area contributed by atoms with E-state index in [0.29, 0.717) is 17.5 Å². The highest BCUT2D eigenvalue weighted by Crippen LogP contribution is 2.12. The number of aliphatic hydroxyl groups is 1. The number of rotatable bonds is 7. The van der Waals surface area contributed by atoms with Gasteiger partial charge in [-0.2, -0.15) is 0 Å². The summed E-state index contributed by atoms with van der Waals surface area (Å²) in [7, 11) is 0. The Bertz CT molecular complexity index is 446. The molecule has 0 bridgehead atoms. The molecule has 1 amide bonds. The predicted octanol–water partition coefficient (Wildman–Crippen LogP) is 0.0321. The summed E-state index contributed by atoms with van der Waals surface area (Å²) in [5, 5.41) is 19.8. The fourth-order valence-electron chi connectivity index (χ4n) is 2.18. The van der Waals surface area contributed by atoms with E-state index in [4.69, 9.17) is 0 Å². The molecule has 118 valence electrons. The lowest BCUT2D eigenvalue weighted by molar-refractivity contribution is -0.118. The first-order valence-corrected chi connectivity index (χ1v) is 8.37. The topological polar surface area (TPSA) is 94.1 Å². The molecule has 0 aromatic carbocycles. The Kier molecular flexibility index (Phi) is 6.47. The van der Waals surface area contributed by atoms with Gasteiger partial charge in [-0.1, -0.05) is 18.7 Å². The van der Waals surface area contributed by atoms with Crippen LogP contribution in [-0.2, 0) is 11.2 Å². The van der Waals surface area contributed by atoms with Crippen LogP contribution >= 0.6 is 11.8 Å². The molecule has 2 heterocycles. The molecule has 0 aliphatic carbocycles. The van der Waals surface area contributed by atoms with E-state index in [9.17, 15) is 9.90 Å². The number of nitrogens with zero attached hydrogens (tertiary/aromatic N) is 3. The molecule has 8 heteroatoms. The van der Waals surface area contributed by atoms with Crippen LogP contribution in [0, 0.1) is 0 Å². The molecule has 7 nitrogen and oxygen atoms in total. The SMILES string of the molecule is CCc1nc(SCC(=O)NCCN2CCC(O)CC2)n[nH]1. The summed E-state index contributed by atoms with van der Waals surface area (Å²) in [5.74, 6) is 1.17. The highest BCUT2D eigenvalue weighted by Gasteiger charge is 2.16. The Labute approximate surface area is 128 Å². The van der Waals surface area contributed by atoms with Crippen LogP contribution in [0.3, 0.4) is 0 Å². The zero-order valence-electron chi connectivity index (χ0n) is 12.3. The summed E-state index contributed by atoms with van der Waals surface area (Å²) in [6, 6.07) is 0. The molecule has 1 aliphatic heterocycles. The largest absolute Gasteiger partial charge is 0.393 e. The first kappa shape index (κ1) is 16.3. The molecule has 1 aromatic heterocycles. The van der Waals surface area contributed by atoms with Crippen molar-refractivity contribution in [3.63, 3.8) is 0 Å². The normalized spacial score (nSPS) is 17.0. The molecule has 0 saturated carbocycles. The lowest BCUT2D eigenvalue weighted by Gasteiger charge is -2.29. The fraction of sp³-hybridized carbons (Fsp3) is 0.769. The third kappa shape index (κ3) is 5.64. The number of piperidine rings is 1. The number of nitrogens with one attached hydrogen (secondary N) is 2. The van der Waals surface area contributed by atoms with Crippen LogP contribution < -0.4 is 5.32 Å². The molecule has 1 saturated heterocycles. The number of carbonyl (C=O) groups excluding carboxylic acids is 1. The summed E-state index contributed by atoms with van der Waals surface area (Å²) in [6.07, 6.45) is 2.31. The molecule has 2 rings (SSSR count). The van der Waals surface area contributed by atoms with Gasteiger partial charge in [0.1, 0.15) is 5.82 Å². The molecule has 0 unspecified atom stereocenters. The quantitative estimate of drug-likeness (QED) is 0.615. The first-order valence-electron chi connectivity index (χ1n) is 7.38.